The fourth-order valence-electron chi connectivity index (χ4n) is 1.96. The van der Waals surface area contributed by atoms with Crippen LogP contribution in [-0.2, 0) is 18.3 Å². The van der Waals surface area contributed by atoms with Crippen molar-refractivity contribution in [3.05, 3.63) is 41.7 Å². The summed E-state index contributed by atoms with van der Waals surface area (Å²) in [6.45, 7) is 1.79. The van der Waals surface area contributed by atoms with Gasteiger partial charge in [0.25, 0.3) is 0 Å². The van der Waals surface area contributed by atoms with E-state index in [9.17, 15) is 9.59 Å². The van der Waals surface area contributed by atoms with Crippen LogP contribution in [0.4, 0.5) is 16.2 Å². The van der Waals surface area contributed by atoms with Crippen LogP contribution in [0.3, 0.4) is 0 Å². The maximum Gasteiger partial charge on any atom is 0.323 e. The van der Waals surface area contributed by atoms with Crippen molar-refractivity contribution in [1.82, 2.24) is 9.78 Å². The van der Waals surface area contributed by atoms with Crippen molar-refractivity contribution in [2.45, 2.75) is 13.3 Å². The van der Waals surface area contributed by atoms with Crippen molar-refractivity contribution in [2.24, 2.45) is 7.05 Å². The molecule has 0 aliphatic carbocycles. The molecular formula is C14H16N4O3. The Morgan fingerprint density at radius 3 is 2.52 bits per heavy atom. The third-order valence-corrected chi connectivity index (χ3v) is 2.87. The van der Waals surface area contributed by atoms with Crippen molar-refractivity contribution in [1.29, 1.82) is 0 Å². The molecule has 7 nitrogen and oxygen atoms in total. The summed E-state index contributed by atoms with van der Waals surface area (Å²) >= 11 is 0. The van der Waals surface area contributed by atoms with E-state index >= 15 is 0 Å². The first-order chi connectivity index (χ1) is 9.95. The Kier molecular flexibility index (Phi) is 4.22. The number of nitrogens with one attached hydrogen (secondary N) is 2. The molecule has 0 radical (unpaired) electrons. The van der Waals surface area contributed by atoms with E-state index in [0.717, 1.165) is 0 Å². The molecule has 0 bridgehead atoms. The summed E-state index contributed by atoms with van der Waals surface area (Å²) in [6, 6.07) is 6.35. The van der Waals surface area contributed by atoms with Crippen molar-refractivity contribution in [2.75, 3.05) is 10.6 Å². The van der Waals surface area contributed by atoms with Crippen LogP contribution in [0.2, 0.25) is 0 Å². The summed E-state index contributed by atoms with van der Waals surface area (Å²) in [5.74, 6) is -0.951. The number of amides is 2. The first-order valence-electron chi connectivity index (χ1n) is 6.33. The fourth-order valence-corrected chi connectivity index (χ4v) is 1.96. The van der Waals surface area contributed by atoms with Gasteiger partial charge in [0.1, 0.15) is 0 Å². The number of para-hydroxylation sites is 1. The minimum atomic E-state index is -0.951. The number of urea groups is 1. The fraction of sp³-hybridized carbons (Fsp3) is 0.214. The average Bonchev–Trinajstić information content (AvgIpc) is 2.69. The normalized spacial score (nSPS) is 10.2. The Hall–Kier alpha value is -2.83. The summed E-state index contributed by atoms with van der Waals surface area (Å²) in [5.41, 5.74) is 2.32. The molecule has 0 saturated carbocycles. The van der Waals surface area contributed by atoms with Gasteiger partial charge >= 0.3 is 12.0 Å². The van der Waals surface area contributed by atoms with E-state index in [0.29, 0.717) is 22.6 Å². The zero-order chi connectivity index (χ0) is 15.4. The Morgan fingerprint density at radius 1 is 1.24 bits per heavy atom. The summed E-state index contributed by atoms with van der Waals surface area (Å²) in [7, 11) is 1.76. The number of aryl methyl sites for hydroxylation is 2. The number of carboxylic acids is 1. The predicted octanol–water partition coefficient (Wildman–Crippen LogP) is 2.00. The second-order valence-corrected chi connectivity index (χ2v) is 4.61. The number of aliphatic carboxylic acids is 1. The van der Waals surface area contributed by atoms with Crippen LogP contribution >= 0.6 is 0 Å². The van der Waals surface area contributed by atoms with E-state index in [-0.39, 0.29) is 6.42 Å². The molecule has 0 spiro atoms. The maximum absolute atomic E-state index is 12.0. The second-order valence-electron chi connectivity index (χ2n) is 4.61. The van der Waals surface area contributed by atoms with E-state index in [1.165, 1.54) is 0 Å². The zero-order valence-corrected chi connectivity index (χ0v) is 11.8. The molecule has 0 unspecified atom stereocenters. The number of carbonyl (C=O) groups excluding carboxylic acids is 1. The predicted molar refractivity (Wildman–Crippen MR) is 78.4 cm³/mol. The van der Waals surface area contributed by atoms with Crippen molar-refractivity contribution in [3.63, 3.8) is 0 Å². The number of hydrogen-bond donors (Lipinski definition) is 3. The number of benzene rings is 1. The van der Waals surface area contributed by atoms with E-state index in [2.05, 4.69) is 15.7 Å². The van der Waals surface area contributed by atoms with Crippen molar-refractivity contribution in [3.8, 4) is 0 Å². The Labute approximate surface area is 121 Å². The number of hydrogen-bond acceptors (Lipinski definition) is 3. The molecule has 0 fully saturated rings. The molecule has 2 rings (SSSR count). The lowest BCUT2D eigenvalue weighted by Gasteiger charge is -2.10. The van der Waals surface area contributed by atoms with E-state index in [4.69, 9.17) is 5.11 Å². The van der Waals surface area contributed by atoms with Crippen LogP contribution in [0.25, 0.3) is 0 Å². The highest BCUT2D eigenvalue weighted by molar-refractivity contribution is 6.00. The quantitative estimate of drug-likeness (QED) is 0.801. The maximum atomic E-state index is 12.0. The molecule has 0 saturated heterocycles. The molecule has 1 heterocycles. The Bertz CT molecular complexity index is 679. The van der Waals surface area contributed by atoms with Gasteiger partial charge in [0.2, 0.25) is 0 Å². The highest BCUT2D eigenvalue weighted by atomic mass is 16.4. The Balaban J connectivity index is 2.09. The van der Waals surface area contributed by atoms with Crippen molar-refractivity contribution >= 4 is 23.4 Å². The number of carbonyl (C=O) groups is 2. The summed E-state index contributed by atoms with van der Waals surface area (Å²) in [5, 5.41) is 18.3. The molecule has 0 aliphatic rings. The largest absolute Gasteiger partial charge is 0.481 e. The number of rotatable bonds is 4. The van der Waals surface area contributed by atoms with Gasteiger partial charge in [-0.2, -0.15) is 5.10 Å². The van der Waals surface area contributed by atoms with E-state index in [1.807, 2.05) is 0 Å². The third kappa shape index (κ3) is 3.82. The third-order valence-electron chi connectivity index (χ3n) is 2.87. The topological polar surface area (TPSA) is 96.3 Å². The van der Waals surface area contributed by atoms with Gasteiger partial charge in [-0.25, -0.2) is 4.79 Å². The van der Waals surface area contributed by atoms with Crippen LogP contribution in [0.15, 0.2) is 30.5 Å². The van der Waals surface area contributed by atoms with E-state index < -0.39 is 12.0 Å². The van der Waals surface area contributed by atoms with E-state index in [1.54, 1.807) is 49.1 Å². The highest BCUT2D eigenvalue weighted by Gasteiger charge is 2.11. The smallest absolute Gasteiger partial charge is 0.323 e. The summed E-state index contributed by atoms with van der Waals surface area (Å²) in [6.07, 6.45) is 1.54. The Morgan fingerprint density at radius 2 is 1.90 bits per heavy atom. The minimum Gasteiger partial charge on any atom is -0.481 e. The van der Waals surface area contributed by atoms with Gasteiger partial charge in [-0.1, -0.05) is 18.2 Å². The SMILES string of the molecule is Cc1nn(C)cc1NC(=O)Nc1ccccc1CC(=O)O. The van der Waals surface area contributed by atoms with Crippen LogP contribution in [0, 0.1) is 6.92 Å². The molecule has 2 aromatic rings. The lowest BCUT2D eigenvalue weighted by molar-refractivity contribution is -0.136. The zero-order valence-electron chi connectivity index (χ0n) is 11.8. The van der Waals surface area contributed by atoms with Gasteiger partial charge in [-0.3, -0.25) is 9.48 Å². The monoisotopic (exact) mass is 288 g/mol. The van der Waals surface area contributed by atoms with Gasteiger partial charge in [0, 0.05) is 18.9 Å². The van der Waals surface area contributed by atoms with Crippen LogP contribution in [-0.4, -0.2) is 26.9 Å². The van der Waals surface area contributed by atoms with Gasteiger partial charge in [-0.15, -0.1) is 0 Å². The summed E-state index contributed by atoms with van der Waals surface area (Å²) in [4.78, 5) is 22.8. The molecule has 21 heavy (non-hydrogen) atoms. The molecule has 7 heteroatoms. The minimum absolute atomic E-state index is 0.150. The van der Waals surface area contributed by atoms with Gasteiger partial charge in [0.15, 0.2) is 0 Å². The molecule has 1 aromatic heterocycles. The number of aromatic nitrogens is 2. The lowest BCUT2D eigenvalue weighted by Crippen LogP contribution is -2.20. The van der Waals surface area contributed by atoms with Crippen molar-refractivity contribution < 1.29 is 14.7 Å². The summed E-state index contributed by atoms with van der Waals surface area (Å²) < 4.78 is 1.60. The number of anilines is 2. The second kappa shape index (κ2) is 6.08. The molecule has 1 aromatic carbocycles. The molecule has 2 amide bonds. The highest BCUT2D eigenvalue weighted by Crippen LogP contribution is 2.17. The molecule has 0 aliphatic heterocycles. The average molecular weight is 288 g/mol. The van der Waals surface area contributed by atoms with Crippen LogP contribution < -0.4 is 10.6 Å². The molecule has 110 valence electrons. The van der Waals surface area contributed by atoms with Crippen LogP contribution in [0.1, 0.15) is 11.3 Å². The molecular weight excluding hydrogens is 272 g/mol. The number of carboxylic acid groups (broad SMARTS) is 1. The van der Waals surface area contributed by atoms with Gasteiger partial charge in [-0.05, 0) is 18.6 Å². The standard InChI is InChI=1S/C14H16N4O3/c1-9-12(8-18(2)17-9)16-14(21)15-11-6-4-3-5-10(11)7-13(19)20/h3-6,8H,7H2,1-2H3,(H,19,20)(H2,15,16,21). The van der Waals surface area contributed by atoms with Crippen LogP contribution in [0.5, 0.6) is 0 Å². The lowest BCUT2D eigenvalue weighted by atomic mass is 10.1. The van der Waals surface area contributed by atoms with Gasteiger partial charge < -0.3 is 15.7 Å². The molecule has 3 N–H and O–H groups in total. The first kappa shape index (κ1) is 14.6. The molecule has 0 atom stereocenters. The first-order valence-corrected chi connectivity index (χ1v) is 6.33. The van der Waals surface area contributed by atoms with Gasteiger partial charge in [0.05, 0.1) is 17.8 Å². The number of nitrogens with zero attached hydrogens (tertiary/aromatic N) is 2.